The minimum Gasteiger partial charge on any atom is -0.493 e. The molecule has 0 fully saturated rings. The van der Waals surface area contributed by atoms with Crippen LogP contribution >= 0.6 is 0 Å². The number of hydrogen-bond donors (Lipinski definition) is 2. The lowest BCUT2D eigenvalue weighted by atomic mass is 10.2. The number of rotatable bonds is 9. The van der Waals surface area contributed by atoms with E-state index in [-0.39, 0.29) is 24.6 Å². The third-order valence-electron chi connectivity index (χ3n) is 3.81. The van der Waals surface area contributed by atoms with E-state index in [1.807, 2.05) is 31.2 Å². The molecule has 2 aromatic carbocycles. The lowest BCUT2D eigenvalue weighted by Crippen LogP contribution is -2.35. The van der Waals surface area contributed by atoms with Crippen molar-refractivity contribution in [1.29, 1.82) is 0 Å². The summed E-state index contributed by atoms with van der Waals surface area (Å²) in [5.74, 6) is -1.69. The van der Waals surface area contributed by atoms with Crippen molar-refractivity contribution in [2.75, 3.05) is 19.7 Å². The molecule has 27 heavy (non-hydrogen) atoms. The number of nitrogens with one attached hydrogen (secondary N) is 2. The van der Waals surface area contributed by atoms with Crippen LogP contribution in [0, 0.1) is 18.6 Å². The summed E-state index contributed by atoms with van der Waals surface area (Å²) < 4.78 is 31.9. The van der Waals surface area contributed by atoms with Crippen LogP contribution in [0.2, 0.25) is 0 Å². The Morgan fingerprint density at radius 2 is 1.78 bits per heavy atom. The standard InChI is InChI=1S/C20H22F2N2O3/c1-14-5-2-3-6-18(14)27-12-4-7-19(25)23-10-11-24-20(26)16-9-8-15(21)13-17(16)22/h2-3,5-6,8-9,13H,4,7,10-12H2,1H3,(H,23,25)(H,24,26). The third kappa shape index (κ3) is 6.69. The van der Waals surface area contributed by atoms with Gasteiger partial charge in [-0.15, -0.1) is 0 Å². The first-order chi connectivity index (χ1) is 13.0. The first-order valence-electron chi connectivity index (χ1n) is 8.66. The number of benzene rings is 2. The Morgan fingerprint density at radius 3 is 2.52 bits per heavy atom. The molecule has 0 atom stereocenters. The Balaban J connectivity index is 1.59. The van der Waals surface area contributed by atoms with Crippen molar-refractivity contribution < 1.29 is 23.1 Å². The number of aryl methyl sites for hydroxylation is 1. The molecule has 0 saturated carbocycles. The van der Waals surface area contributed by atoms with Crippen molar-refractivity contribution in [3.8, 4) is 5.75 Å². The van der Waals surface area contributed by atoms with Gasteiger partial charge in [0.1, 0.15) is 17.4 Å². The van der Waals surface area contributed by atoms with E-state index in [1.165, 1.54) is 0 Å². The van der Waals surface area contributed by atoms with Crippen LogP contribution in [0.3, 0.4) is 0 Å². The highest BCUT2D eigenvalue weighted by atomic mass is 19.1. The minimum absolute atomic E-state index is 0.140. The van der Waals surface area contributed by atoms with E-state index in [1.54, 1.807) is 0 Å². The third-order valence-corrected chi connectivity index (χ3v) is 3.81. The van der Waals surface area contributed by atoms with E-state index in [9.17, 15) is 18.4 Å². The second-order valence-electron chi connectivity index (χ2n) is 5.95. The van der Waals surface area contributed by atoms with Crippen molar-refractivity contribution in [2.24, 2.45) is 0 Å². The molecule has 0 bridgehead atoms. The molecule has 0 radical (unpaired) electrons. The fourth-order valence-electron chi connectivity index (χ4n) is 2.37. The summed E-state index contributed by atoms with van der Waals surface area (Å²) in [7, 11) is 0. The predicted octanol–water partition coefficient (Wildman–Crippen LogP) is 2.98. The summed E-state index contributed by atoms with van der Waals surface area (Å²) in [5.41, 5.74) is 0.798. The maximum atomic E-state index is 13.5. The van der Waals surface area contributed by atoms with Crippen molar-refractivity contribution in [3.63, 3.8) is 0 Å². The molecule has 0 aliphatic heterocycles. The molecular formula is C20H22F2N2O3. The Hall–Kier alpha value is -2.96. The van der Waals surface area contributed by atoms with Crippen LogP contribution in [-0.4, -0.2) is 31.5 Å². The molecule has 0 saturated heterocycles. The summed E-state index contributed by atoms with van der Waals surface area (Å²) >= 11 is 0. The summed E-state index contributed by atoms with van der Waals surface area (Å²) in [6.07, 6.45) is 0.861. The molecule has 2 rings (SSSR count). The van der Waals surface area contributed by atoms with E-state index in [0.29, 0.717) is 25.5 Å². The second-order valence-corrected chi connectivity index (χ2v) is 5.95. The Labute approximate surface area is 156 Å². The Bertz CT molecular complexity index is 797. The summed E-state index contributed by atoms with van der Waals surface area (Å²) in [5, 5.41) is 5.13. The first kappa shape index (κ1) is 20.4. The van der Waals surface area contributed by atoms with Crippen molar-refractivity contribution >= 4 is 11.8 Å². The molecule has 0 unspecified atom stereocenters. The fourth-order valence-corrected chi connectivity index (χ4v) is 2.37. The number of para-hydroxylation sites is 1. The van der Waals surface area contributed by atoms with Gasteiger partial charge in [0.2, 0.25) is 5.91 Å². The predicted molar refractivity (Wildman–Crippen MR) is 97.6 cm³/mol. The molecule has 2 aromatic rings. The van der Waals surface area contributed by atoms with Gasteiger partial charge in [-0.25, -0.2) is 8.78 Å². The zero-order valence-corrected chi connectivity index (χ0v) is 15.1. The highest BCUT2D eigenvalue weighted by molar-refractivity contribution is 5.94. The molecule has 2 N–H and O–H groups in total. The zero-order chi connectivity index (χ0) is 19.6. The molecule has 0 aromatic heterocycles. The van der Waals surface area contributed by atoms with Crippen LogP contribution in [0.4, 0.5) is 8.78 Å². The largest absolute Gasteiger partial charge is 0.493 e. The van der Waals surface area contributed by atoms with Gasteiger partial charge in [-0.3, -0.25) is 9.59 Å². The van der Waals surface area contributed by atoms with Crippen LogP contribution in [-0.2, 0) is 4.79 Å². The maximum absolute atomic E-state index is 13.5. The first-order valence-corrected chi connectivity index (χ1v) is 8.66. The van der Waals surface area contributed by atoms with Gasteiger partial charge in [-0.1, -0.05) is 18.2 Å². The van der Waals surface area contributed by atoms with Crippen LogP contribution in [0.1, 0.15) is 28.8 Å². The van der Waals surface area contributed by atoms with Gasteiger partial charge >= 0.3 is 0 Å². The topological polar surface area (TPSA) is 67.4 Å². The van der Waals surface area contributed by atoms with Gasteiger partial charge < -0.3 is 15.4 Å². The van der Waals surface area contributed by atoms with Crippen LogP contribution in [0.15, 0.2) is 42.5 Å². The fraction of sp³-hybridized carbons (Fsp3) is 0.300. The monoisotopic (exact) mass is 376 g/mol. The van der Waals surface area contributed by atoms with Gasteiger partial charge in [0.15, 0.2) is 0 Å². The number of carbonyl (C=O) groups is 2. The van der Waals surface area contributed by atoms with E-state index < -0.39 is 17.5 Å². The molecule has 144 valence electrons. The van der Waals surface area contributed by atoms with E-state index in [2.05, 4.69) is 10.6 Å². The quantitative estimate of drug-likeness (QED) is 0.661. The van der Waals surface area contributed by atoms with Gasteiger partial charge in [-0.2, -0.15) is 0 Å². The van der Waals surface area contributed by atoms with Crippen molar-refractivity contribution in [3.05, 3.63) is 65.2 Å². The molecule has 5 nitrogen and oxygen atoms in total. The molecule has 0 aliphatic rings. The van der Waals surface area contributed by atoms with E-state index >= 15 is 0 Å². The lowest BCUT2D eigenvalue weighted by Gasteiger charge is -2.09. The SMILES string of the molecule is Cc1ccccc1OCCCC(=O)NCCNC(=O)c1ccc(F)cc1F. The highest BCUT2D eigenvalue weighted by Gasteiger charge is 2.11. The molecular weight excluding hydrogens is 354 g/mol. The lowest BCUT2D eigenvalue weighted by molar-refractivity contribution is -0.121. The average Bonchev–Trinajstić information content (AvgIpc) is 2.63. The highest BCUT2D eigenvalue weighted by Crippen LogP contribution is 2.16. The number of halogens is 2. The maximum Gasteiger partial charge on any atom is 0.254 e. The van der Waals surface area contributed by atoms with Gasteiger partial charge in [0.25, 0.3) is 5.91 Å². The second kappa shape index (κ2) is 10.3. The molecule has 2 amide bonds. The normalized spacial score (nSPS) is 10.3. The Morgan fingerprint density at radius 1 is 1.04 bits per heavy atom. The Kier molecular flexibility index (Phi) is 7.73. The minimum atomic E-state index is -0.926. The van der Waals surface area contributed by atoms with Crippen LogP contribution in [0.25, 0.3) is 0 Å². The van der Waals surface area contributed by atoms with Crippen molar-refractivity contribution in [1.82, 2.24) is 10.6 Å². The van der Waals surface area contributed by atoms with Gasteiger partial charge in [-0.05, 0) is 37.1 Å². The smallest absolute Gasteiger partial charge is 0.254 e. The zero-order valence-electron chi connectivity index (χ0n) is 15.1. The molecule has 7 heteroatoms. The number of amides is 2. The summed E-state index contributed by atoms with van der Waals surface area (Å²) in [6, 6.07) is 10.4. The number of carbonyl (C=O) groups excluding carboxylic acids is 2. The number of hydrogen-bond acceptors (Lipinski definition) is 3. The average molecular weight is 376 g/mol. The van der Waals surface area contributed by atoms with Gasteiger partial charge in [0.05, 0.1) is 12.2 Å². The summed E-state index contributed by atoms with van der Waals surface area (Å²) in [4.78, 5) is 23.5. The van der Waals surface area contributed by atoms with E-state index in [0.717, 1.165) is 23.4 Å². The van der Waals surface area contributed by atoms with E-state index in [4.69, 9.17) is 4.74 Å². The van der Waals surface area contributed by atoms with Crippen LogP contribution in [0.5, 0.6) is 5.75 Å². The van der Waals surface area contributed by atoms with Crippen LogP contribution < -0.4 is 15.4 Å². The molecule has 0 aliphatic carbocycles. The molecule has 0 heterocycles. The number of ether oxygens (including phenoxy) is 1. The molecule has 0 spiro atoms. The van der Waals surface area contributed by atoms with Crippen molar-refractivity contribution in [2.45, 2.75) is 19.8 Å². The summed E-state index contributed by atoms with van der Waals surface area (Å²) in [6.45, 7) is 2.74. The van der Waals surface area contributed by atoms with Gasteiger partial charge in [0, 0.05) is 25.6 Å².